The van der Waals surface area contributed by atoms with Gasteiger partial charge in [0, 0.05) is 11.8 Å². The Kier molecular flexibility index (Phi) is 3.82. The van der Waals surface area contributed by atoms with Crippen molar-refractivity contribution in [3.8, 4) is 16.9 Å². The number of hydrogen-bond acceptors (Lipinski definition) is 5. The summed E-state index contributed by atoms with van der Waals surface area (Å²) >= 11 is 0. The van der Waals surface area contributed by atoms with E-state index in [0.717, 1.165) is 12.1 Å². The molecule has 124 valence electrons. The first kappa shape index (κ1) is 16.1. The number of nitrogens with zero attached hydrogens (tertiary/aromatic N) is 2. The lowest BCUT2D eigenvalue weighted by Crippen LogP contribution is -2.16. The molecule has 7 nitrogen and oxygen atoms in total. The number of benzene rings is 1. The van der Waals surface area contributed by atoms with Gasteiger partial charge in [0.25, 0.3) is 0 Å². The highest BCUT2D eigenvalue weighted by molar-refractivity contribution is 7.89. The van der Waals surface area contributed by atoms with E-state index in [-0.39, 0.29) is 11.3 Å². The number of aromatic nitrogens is 2. The molecule has 0 saturated carbocycles. The van der Waals surface area contributed by atoms with E-state index in [1.807, 2.05) is 0 Å². The first-order chi connectivity index (χ1) is 11.3. The predicted octanol–water partition coefficient (Wildman–Crippen LogP) is 1.59. The Morgan fingerprint density at radius 2 is 2.04 bits per heavy atom. The van der Waals surface area contributed by atoms with Crippen molar-refractivity contribution in [1.82, 2.24) is 9.55 Å². The molecule has 0 amide bonds. The van der Waals surface area contributed by atoms with Crippen LogP contribution in [0.1, 0.15) is 5.69 Å². The van der Waals surface area contributed by atoms with Gasteiger partial charge in [-0.15, -0.1) is 0 Å². The van der Waals surface area contributed by atoms with Gasteiger partial charge >= 0.3 is 5.76 Å². The van der Waals surface area contributed by atoms with Gasteiger partial charge in [-0.05, 0) is 31.2 Å². The van der Waals surface area contributed by atoms with Gasteiger partial charge in [0.15, 0.2) is 0 Å². The lowest BCUT2D eigenvalue weighted by molar-refractivity contribution is 0.503. The second kappa shape index (κ2) is 5.69. The summed E-state index contributed by atoms with van der Waals surface area (Å²) in [6.45, 7) is 1.71. The van der Waals surface area contributed by atoms with Crippen molar-refractivity contribution in [2.75, 3.05) is 0 Å². The molecule has 2 N–H and O–H groups in total. The van der Waals surface area contributed by atoms with Crippen LogP contribution in [0.25, 0.3) is 16.9 Å². The van der Waals surface area contributed by atoms with E-state index in [4.69, 9.17) is 9.56 Å². The summed E-state index contributed by atoms with van der Waals surface area (Å²) < 4.78 is 42.8. The Bertz CT molecular complexity index is 1090. The van der Waals surface area contributed by atoms with Crippen LogP contribution in [0.2, 0.25) is 0 Å². The Morgan fingerprint density at radius 1 is 1.29 bits per heavy atom. The standard InChI is InChI=1S/C15H12FN3O4S/c1-9-12(3-2-6-18-9)19-13(8-23-15(19)20)10-4-5-14(11(16)7-10)24(17,21)22/h2-8H,1H3,(H2,17,21,22). The summed E-state index contributed by atoms with van der Waals surface area (Å²) in [6, 6.07) is 6.67. The molecule has 0 atom stereocenters. The van der Waals surface area contributed by atoms with Crippen LogP contribution in [-0.2, 0) is 10.0 Å². The summed E-state index contributed by atoms with van der Waals surface area (Å²) in [5.41, 5.74) is 1.57. The molecule has 0 spiro atoms. The second-order valence-corrected chi connectivity index (χ2v) is 6.55. The number of hydrogen-bond donors (Lipinski definition) is 1. The van der Waals surface area contributed by atoms with Crippen molar-refractivity contribution >= 4 is 10.0 Å². The van der Waals surface area contributed by atoms with Crippen molar-refractivity contribution in [2.45, 2.75) is 11.8 Å². The number of primary sulfonamides is 1. The zero-order valence-corrected chi connectivity index (χ0v) is 13.2. The van der Waals surface area contributed by atoms with E-state index >= 15 is 0 Å². The van der Waals surface area contributed by atoms with Crippen molar-refractivity contribution in [3.63, 3.8) is 0 Å². The Morgan fingerprint density at radius 3 is 2.67 bits per heavy atom. The quantitative estimate of drug-likeness (QED) is 0.772. The molecule has 3 aromatic rings. The van der Waals surface area contributed by atoms with Crippen molar-refractivity contribution in [3.05, 3.63) is 64.9 Å². The van der Waals surface area contributed by atoms with Gasteiger partial charge in [0.1, 0.15) is 17.0 Å². The fourth-order valence-electron chi connectivity index (χ4n) is 2.34. The lowest BCUT2D eigenvalue weighted by atomic mass is 10.1. The molecule has 0 unspecified atom stereocenters. The molecule has 0 saturated heterocycles. The molecule has 0 fully saturated rings. The van der Waals surface area contributed by atoms with E-state index < -0.39 is 26.5 Å². The molecule has 0 aliphatic rings. The third-order valence-electron chi connectivity index (χ3n) is 3.45. The minimum atomic E-state index is -4.17. The zero-order chi connectivity index (χ0) is 17.5. The minimum Gasteiger partial charge on any atom is -0.415 e. The van der Waals surface area contributed by atoms with Crippen LogP contribution in [0.3, 0.4) is 0 Å². The van der Waals surface area contributed by atoms with Gasteiger partial charge in [-0.2, -0.15) is 0 Å². The predicted molar refractivity (Wildman–Crippen MR) is 83.6 cm³/mol. The number of nitrogens with two attached hydrogens (primary N) is 1. The maximum Gasteiger partial charge on any atom is 0.424 e. The van der Waals surface area contributed by atoms with E-state index in [9.17, 15) is 17.6 Å². The van der Waals surface area contributed by atoms with Crippen LogP contribution in [0.4, 0.5) is 4.39 Å². The SMILES string of the molecule is Cc1ncccc1-n1c(-c2ccc(S(N)(=O)=O)c(F)c2)coc1=O. The highest BCUT2D eigenvalue weighted by Gasteiger charge is 2.19. The summed E-state index contributed by atoms with van der Waals surface area (Å²) in [5, 5.41) is 4.94. The molecule has 2 aromatic heterocycles. The molecule has 0 aliphatic carbocycles. The number of rotatable bonds is 3. The van der Waals surface area contributed by atoms with Gasteiger partial charge in [-0.3, -0.25) is 4.98 Å². The molecule has 9 heteroatoms. The molecule has 0 radical (unpaired) electrons. The molecule has 24 heavy (non-hydrogen) atoms. The molecule has 3 rings (SSSR count). The van der Waals surface area contributed by atoms with E-state index in [2.05, 4.69) is 4.98 Å². The first-order valence-corrected chi connectivity index (χ1v) is 8.29. The van der Waals surface area contributed by atoms with Gasteiger partial charge in [0.05, 0.1) is 17.1 Å². The lowest BCUT2D eigenvalue weighted by Gasteiger charge is -2.09. The average molecular weight is 349 g/mol. The van der Waals surface area contributed by atoms with Gasteiger partial charge in [0.2, 0.25) is 10.0 Å². The maximum absolute atomic E-state index is 14.1. The fraction of sp³-hybridized carbons (Fsp3) is 0.0667. The minimum absolute atomic E-state index is 0.258. The van der Waals surface area contributed by atoms with Gasteiger partial charge in [-0.25, -0.2) is 27.3 Å². The molecular weight excluding hydrogens is 337 g/mol. The van der Waals surface area contributed by atoms with Crippen molar-refractivity contribution < 1.29 is 17.2 Å². The summed E-state index contributed by atoms with van der Waals surface area (Å²) in [6.07, 6.45) is 2.74. The van der Waals surface area contributed by atoms with E-state index in [1.54, 1.807) is 25.3 Å². The second-order valence-electron chi connectivity index (χ2n) is 5.02. The third kappa shape index (κ3) is 2.74. The smallest absolute Gasteiger partial charge is 0.415 e. The van der Waals surface area contributed by atoms with Crippen LogP contribution in [0.5, 0.6) is 0 Å². The summed E-state index contributed by atoms with van der Waals surface area (Å²) in [4.78, 5) is 15.5. The highest BCUT2D eigenvalue weighted by atomic mass is 32.2. The molecule has 0 aliphatic heterocycles. The number of oxazole rings is 1. The molecule has 1 aromatic carbocycles. The molecule has 2 heterocycles. The Balaban J connectivity index is 2.22. The molecule has 0 bridgehead atoms. The van der Waals surface area contributed by atoms with Crippen molar-refractivity contribution in [1.29, 1.82) is 0 Å². The largest absolute Gasteiger partial charge is 0.424 e. The molecular formula is C15H12FN3O4S. The number of sulfonamides is 1. The number of pyridine rings is 1. The Labute approximate surface area is 136 Å². The monoisotopic (exact) mass is 349 g/mol. The van der Waals surface area contributed by atoms with Gasteiger partial charge < -0.3 is 4.42 Å². The van der Waals surface area contributed by atoms with Crippen LogP contribution in [-0.4, -0.2) is 18.0 Å². The van der Waals surface area contributed by atoms with E-state index in [0.29, 0.717) is 11.4 Å². The highest BCUT2D eigenvalue weighted by Crippen LogP contribution is 2.25. The topological polar surface area (TPSA) is 108 Å². The van der Waals surface area contributed by atoms with Crippen LogP contribution < -0.4 is 10.9 Å². The normalized spacial score (nSPS) is 11.6. The van der Waals surface area contributed by atoms with Crippen molar-refractivity contribution in [2.24, 2.45) is 5.14 Å². The van der Waals surface area contributed by atoms with Crippen LogP contribution in [0.15, 0.2) is 56.9 Å². The Hall–Kier alpha value is -2.78. The average Bonchev–Trinajstić information content (AvgIpc) is 2.88. The maximum atomic E-state index is 14.1. The first-order valence-electron chi connectivity index (χ1n) is 6.74. The third-order valence-corrected chi connectivity index (χ3v) is 4.39. The summed E-state index contributed by atoms with van der Waals surface area (Å²) in [7, 11) is -4.17. The fourth-order valence-corrected chi connectivity index (χ4v) is 2.93. The van der Waals surface area contributed by atoms with E-state index in [1.165, 1.54) is 16.9 Å². The number of aryl methyl sites for hydroxylation is 1. The number of halogens is 1. The van der Waals surface area contributed by atoms with Crippen LogP contribution in [0, 0.1) is 12.7 Å². The van der Waals surface area contributed by atoms with Gasteiger partial charge in [-0.1, -0.05) is 6.07 Å². The summed E-state index contributed by atoms with van der Waals surface area (Å²) in [5.74, 6) is -1.69. The van der Waals surface area contributed by atoms with Crippen LogP contribution >= 0.6 is 0 Å². The zero-order valence-electron chi connectivity index (χ0n) is 12.4.